The van der Waals surface area contributed by atoms with E-state index in [0.717, 1.165) is 12.1 Å². The zero-order chi connectivity index (χ0) is 24.7. The highest BCUT2D eigenvalue weighted by Gasteiger charge is 2.42. The van der Waals surface area contributed by atoms with E-state index in [1.807, 2.05) is 0 Å². The summed E-state index contributed by atoms with van der Waals surface area (Å²) in [6.45, 7) is 1.95. The lowest BCUT2D eigenvalue weighted by atomic mass is 10.0. The van der Waals surface area contributed by atoms with Crippen molar-refractivity contribution in [1.82, 2.24) is 25.2 Å². The zero-order valence-corrected chi connectivity index (χ0v) is 18.1. The average molecular weight is 489 g/mol. The fraction of sp³-hybridized carbons (Fsp3) is 0.304. The van der Waals surface area contributed by atoms with Crippen molar-refractivity contribution in [3.63, 3.8) is 0 Å². The number of likely N-dealkylation sites (tertiary alicyclic amines) is 2. The van der Waals surface area contributed by atoms with Crippen molar-refractivity contribution in [1.29, 1.82) is 0 Å². The Morgan fingerprint density at radius 1 is 0.971 bits per heavy atom. The van der Waals surface area contributed by atoms with E-state index >= 15 is 0 Å². The molecule has 2 saturated heterocycles. The number of amides is 2. The molecule has 0 bridgehead atoms. The maximum Gasteiger partial charge on any atom is 0.573 e. The van der Waals surface area contributed by atoms with Crippen LogP contribution < -0.4 is 4.74 Å². The van der Waals surface area contributed by atoms with Crippen molar-refractivity contribution in [2.75, 3.05) is 26.2 Å². The first-order chi connectivity index (χ1) is 16.7. The first-order valence-corrected chi connectivity index (χ1v) is 10.8. The van der Waals surface area contributed by atoms with E-state index in [2.05, 4.69) is 20.1 Å². The van der Waals surface area contributed by atoms with Crippen LogP contribution in [-0.4, -0.2) is 69.6 Å². The van der Waals surface area contributed by atoms with Crippen LogP contribution >= 0.6 is 0 Å². The summed E-state index contributed by atoms with van der Waals surface area (Å²) in [5, 5.41) is 10.5. The van der Waals surface area contributed by atoms with E-state index in [1.165, 1.54) is 12.2 Å². The second-order valence-corrected chi connectivity index (χ2v) is 8.57. The van der Waals surface area contributed by atoms with Crippen molar-refractivity contribution >= 4 is 28.9 Å². The predicted octanol–water partition coefficient (Wildman–Crippen LogP) is 3.24. The summed E-state index contributed by atoms with van der Waals surface area (Å²) in [4.78, 5) is 28.9. The Kier molecular flexibility index (Phi) is 5.65. The number of halogens is 4. The molecule has 0 spiro atoms. The summed E-state index contributed by atoms with van der Waals surface area (Å²) in [5.41, 5.74) is 1.77. The largest absolute Gasteiger partial charge is 0.573 e. The molecule has 2 amide bonds. The number of carbonyl (C=O) groups is 2. The highest BCUT2D eigenvalue weighted by atomic mass is 19.4. The summed E-state index contributed by atoms with van der Waals surface area (Å²) in [6.07, 6.45) is -2.50. The van der Waals surface area contributed by atoms with Crippen molar-refractivity contribution < 1.29 is 31.9 Å². The quantitative estimate of drug-likeness (QED) is 0.449. The van der Waals surface area contributed by atoms with Gasteiger partial charge in [0.1, 0.15) is 22.6 Å². The Hall–Kier alpha value is -3.96. The third kappa shape index (κ3) is 4.81. The van der Waals surface area contributed by atoms with Gasteiger partial charge >= 0.3 is 6.36 Å². The molecule has 0 radical (unpaired) electrons. The molecule has 8 nitrogen and oxygen atoms in total. The molecule has 1 N–H and O–H groups in total. The third-order valence-corrected chi connectivity index (χ3v) is 6.26. The number of hydrogen-bond acceptors (Lipinski definition) is 5. The lowest BCUT2D eigenvalue weighted by Crippen LogP contribution is -2.35. The Bertz CT molecular complexity index is 1310. The monoisotopic (exact) mass is 489 g/mol. The summed E-state index contributed by atoms with van der Waals surface area (Å²) < 4.78 is 54.6. The van der Waals surface area contributed by atoms with Gasteiger partial charge in [0.25, 0.3) is 5.91 Å². The zero-order valence-electron chi connectivity index (χ0n) is 18.1. The number of nitrogens with one attached hydrogen (secondary N) is 1. The van der Waals surface area contributed by atoms with Crippen molar-refractivity contribution in [3.8, 4) is 5.75 Å². The van der Waals surface area contributed by atoms with Crippen LogP contribution in [0.4, 0.5) is 17.6 Å². The number of aromatic nitrogens is 3. The van der Waals surface area contributed by atoms with E-state index < -0.39 is 17.9 Å². The fourth-order valence-electron chi connectivity index (χ4n) is 4.60. The van der Waals surface area contributed by atoms with Gasteiger partial charge < -0.3 is 14.5 Å². The van der Waals surface area contributed by atoms with Crippen LogP contribution in [0.15, 0.2) is 42.5 Å². The second kappa shape index (κ2) is 8.67. The smallest absolute Gasteiger partial charge is 0.406 e. The lowest BCUT2D eigenvalue weighted by Gasteiger charge is -2.21. The molecule has 5 rings (SSSR count). The Balaban J connectivity index is 1.17. The molecular formula is C23H19F4N5O3. The van der Waals surface area contributed by atoms with E-state index in [4.69, 9.17) is 0 Å². The fourth-order valence-corrected chi connectivity index (χ4v) is 4.60. The number of benzene rings is 2. The number of rotatable bonds is 4. The van der Waals surface area contributed by atoms with E-state index in [9.17, 15) is 27.2 Å². The molecule has 2 aliphatic heterocycles. The first kappa shape index (κ1) is 22.8. The van der Waals surface area contributed by atoms with E-state index in [1.54, 1.807) is 28.0 Å². The summed E-state index contributed by atoms with van der Waals surface area (Å²) in [5.74, 6) is -1.79. The molecule has 2 fully saturated rings. The van der Waals surface area contributed by atoms with Gasteiger partial charge in [-0.3, -0.25) is 9.59 Å². The summed E-state index contributed by atoms with van der Waals surface area (Å²) >= 11 is 0. The average Bonchev–Trinajstić information content (AvgIpc) is 3.51. The van der Waals surface area contributed by atoms with Gasteiger partial charge in [-0.2, -0.15) is 15.4 Å². The van der Waals surface area contributed by atoms with Crippen LogP contribution in [0.25, 0.3) is 17.1 Å². The molecule has 12 heteroatoms. The maximum absolute atomic E-state index is 14.1. The molecule has 182 valence electrons. The summed E-state index contributed by atoms with van der Waals surface area (Å²) in [6, 6.07) is 7.84. The van der Waals surface area contributed by atoms with Crippen molar-refractivity contribution in [2.45, 2.75) is 6.36 Å². The van der Waals surface area contributed by atoms with Crippen LogP contribution in [0.5, 0.6) is 5.75 Å². The third-order valence-electron chi connectivity index (χ3n) is 6.26. The minimum absolute atomic E-state index is 0.0341. The normalized spacial score (nSPS) is 20.1. The number of carbonyl (C=O) groups excluding carboxylic acids is 2. The van der Waals surface area contributed by atoms with Crippen LogP contribution in [0.1, 0.15) is 15.9 Å². The molecule has 1 aromatic heterocycles. The van der Waals surface area contributed by atoms with E-state index in [0.29, 0.717) is 48.8 Å². The number of alkyl halides is 3. The molecule has 3 heterocycles. The highest BCUT2D eigenvalue weighted by molar-refractivity contribution is 5.97. The summed E-state index contributed by atoms with van der Waals surface area (Å²) in [7, 11) is 0. The van der Waals surface area contributed by atoms with Crippen molar-refractivity contribution in [2.24, 2.45) is 11.8 Å². The predicted molar refractivity (Wildman–Crippen MR) is 115 cm³/mol. The van der Waals surface area contributed by atoms with Gasteiger partial charge in [-0.05, 0) is 36.4 Å². The standard InChI is InChI=1S/C23H19F4N5O3/c24-18-8-17(35-23(25,26)27)4-1-13(18)3-6-21(33)31-9-15-11-32(12-16(15)10-31)22(34)14-2-5-19-20(7-14)29-30-28-19/h1-8,15-16H,9-12H2,(H,28,29,30)/t15-,16-/m1/s1. The molecule has 2 atom stereocenters. The lowest BCUT2D eigenvalue weighted by molar-refractivity contribution is -0.274. The number of nitrogens with zero attached hydrogens (tertiary/aromatic N) is 4. The van der Waals surface area contributed by atoms with Gasteiger partial charge in [-0.25, -0.2) is 4.39 Å². The van der Waals surface area contributed by atoms with Gasteiger partial charge in [-0.15, -0.1) is 13.2 Å². The van der Waals surface area contributed by atoms with Crippen LogP contribution in [0, 0.1) is 17.7 Å². The molecule has 0 saturated carbocycles. The number of fused-ring (bicyclic) bond motifs is 2. The minimum Gasteiger partial charge on any atom is -0.406 e. The van der Waals surface area contributed by atoms with Gasteiger partial charge in [0, 0.05) is 61.3 Å². The number of ether oxygens (including phenoxy) is 1. The molecule has 2 aromatic carbocycles. The molecule has 35 heavy (non-hydrogen) atoms. The second-order valence-electron chi connectivity index (χ2n) is 8.57. The Morgan fingerprint density at radius 2 is 1.66 bits per heavy atom. The molecule has 0 unspecified atom stereocenters. The highest BCUT2D eigenvalue weighted by Crippen LogP contribution is 2.32. The van der Waals surface area contributed by atoms with Gasteiger partial charge in [-0.1, -0.05) is 0 Å². The topological polar surface area (TPSA) is 91.4 Å². The minimum atomic E-state index is -4.92. The van der Waals surface area contributed by atoms with Gasteiger partial charge in [0.15, 0.2) is 0 Å². The number of hydrogen-bond donors (Lipinski definition) is 1. The Morgan fingerprint density at radius 3 is 2.34 bits per heavy atom. The van der Waals surface area contributed by atoms with Crippen LogP contribution in [-0.2, 0) is 4.79 Å². The molecular weight excluding hydrogens is 470 g/mol. The Labute approximate surface area is 196 Å². The SMILES string of the molecule is O=C(C=Cc1ccc(OC(F)(F)F)cc1F)N1C[C@@H]2CN(C(=O)c3ccc4n[nH]nc4c3)C[C@H]2C1. The molecule has 0 aliphatic carbocycles. The molecule has 2 aliphatic rings. The number of H-pyrrole nitrogens is 1. The van der Waals surface area contributed by atoms with Crippen LogP contribution in [0.3, 0.4) is 0 Å². The molecule has 3 aromatic rings. The van der Waals surface area contributed by atoms with Crippen LogP contribution in [0.2, 0.25) is 0 Å². The van der Waals surface area contributed by atoms with Gasteiger partial charge in [0.05, 0.1) is 0 Å². The van der Waals surface area contributed by atoms with Crippen molar-refractivity contribution in [3.05, 3.63) is 59.4 Å². The maximum atomic E-state index is 14.1. The first-order valence-electron chi connectivity index (χ1n) is 10.8. The van der Waals surface area contributed by atoms with E-state index in [-0.39, 0.29) is 29.2 Å². The number of aromatic amines is 1. The van der Waals surface area contributed by atoms with Gasteiger partial charge in [0.2, 0.25) is 5.91 Å².